The molecule has 140 valence electrons. The summed E-state index contributed by atoms with van der Waals surface area (Å²) in [6, 6.07) is 12.2. The van der Waals surface area contributed by atoms with Gasteiger partial charge in [-0.15, -0.1) is 4.40 Å². The lowest BCUT2D eigenvalue weighted by Gasteiger charge is -2.04. The molecule has 0 fully saturated rings. The predicted octanol–water partition coefficient (Wildman–Crippen LogP) is 2.12. The number of ether oxygens (including phenoxy) is 1. The molecule has 0 unspecified atom stereocenters. The molecule has 0 aliphatic heterocycles. The molecule has 10 heteroatoms. The number of rotatable bonds is 5. The molecule has 1 aromatic heterocycles. The number of oxazole rings is 1. The van der Waals surface area contributed by atoms with Gasteiger partial charge in [-0.25, -0.2) is 4.79 Å². The number of benzene rings is 2. The monoisotopic (exact) mass is 388 g/mol. The molecule has 3 aromatic rings. The first-order valence-corrected chi connectivity index (χ1v) is 9.33. The minimum atomic E-state index is -4.09. The number of nitrogens with two attached hydrogens (primary N) is 1. The maximum absolute atomic E-state index is 12.3. The lowest BCUT2D eigenvalue weighted by molar-refractivity contribution is 0.0526. The fourth-order valence-electron chi connectivity index (χ4n) is 2.22. The van der Waals surface area contributed by atoms with Crippen molar-refractivity contribution in [1.29, 1.82) is 0 Å². The van der Waals surface area contributed by atoms with E-state index in [0.29, 0.717) is 11.1 Å². The molecule has 0 atom stereocenters. The third kappa shape index (κ3) is 4.23. The topological polar surface area (TPSA) is 137 Å². The van der Waals surface area contributed by atoms with Gasteiger partial charge in [-0.05, 0) is 43.3 Å². The maximum atomic E-state index is 12.3. The number of guanidine groups is 1. The van der Waals surface area contributed by atoms with E-state index in [1.54, 1.807) is 31.2 Å². The number of fused-ring (bicyclic) bond motifs is 1. The van der Waals surface area contributed by atoms with Crippen LogP contribution in [0.15, 0.2) is 62.2 Å². The van der Waals surface area contributed by atoms with Crippen molar-refractivity contribution in [3.63, 3.8) is 0 Å². The van der Waals surface area contributed by atoms with Crippen LogP contribution in [0.2, 0.25) is 0 Å². The summed E-state index contributed by atoms with van der Waals surface area (Å²) in [6.45, 7) is 1.90. The van der Waals surface area contributed by atoms with Crippen molar-refractivity contribution in [2.75, 3.05) is 11.9 Å². The van der Waals surface area contributed by atoms with Crippen LogP contribution in [0.25, 0.3) is 11.1 Å². The first-order chi connectivity index (χ1) is 12.9. The summed E-state index contributed by atoms with van der Waals surface area (Å²) >= 11 is 0. The van der Waals surface area contributed by atoms with Crippen LogP contribution in [0.4, 0.5) is 6.01 Å². The van der Waals surface area contributed by atoms with E-state index in [1.807, 2.05) is 0 Å². The number of anilines is 1. The molecule has 0 saturated carbocycles. The van der Waals surface area contributed by atoms with Crippen molar-refractivity contribution < 1.29 is 22.4 Å². The summed E-state index contributed by atoms with van der Waals surface area (Å²) < 4.78 is 38.4. The minimum absolute atomic E-state index is 0.0188. The summed E-state index contributed by atoms with van der Waals surface area (Å²) in [4.78, 5) is 15.6. The first kappa shape index (κ1) is 18.4. The van der Waals surface area contributed by atoms with E-state index in [-0.39, 0.29) is 23.1 Å². The largest absolute Gasteiger partial charge is 0.462 e. The number of carbonyl (C=O) groups excluding carboxylic acids is 1. The Morgan fingerprint density at radius 2 is 1.93 bits per heavy atom. The second-order valence-corrected chi connectivity index (χ2v) is 6.91. The zero-order chi connectivity index (χ0) is 19.4. The number of para-hydroxylation sites is 2. The van der Waals surface area contributed by atoms with Crippen molar-refractivity contribution in [3.8, 4) is 0 Å². The third-order valence-corrected chi connectivity index (χ3v) is 4.72. The van der Waals surface area contributed by atoms with Gasteiger partial charge in [-0.1, -0.05) is 12.1 Å². The molecule has 0 aliphatic rings. The Labute approximate surface area is 154 Å². The fourth-order valence-corrected chi connectivity index (χ4v) is 3.11. The highest BCUT2D eigenvalue weighted by Crippen LogP contribution is 2.18. The van der Waals surface area contributed by atoms with Crippen LogP contribution in [0.1, 0.15) is 17.3 Å². The van der Waals surface area contributed by atoms with Gasteiger partial charge in [-0.3, -0.25) is 5.32 Å². The summed E-state index contributed by atoms with van der Waals surface area (Å²) in [6.07, 6.45) is 0. The van der Waals surface area contributed by atoms with Crippen LogP contribution in [-0.2, 0) is 14.8 Å². The number of hydrogen-bond donors (Lipinski definition) is 2. The summed E-state index contributed by atoms with van der Waals surface area (Å²) in [5, 5.41) is 2.50. The predicted molar refractivity (Wildman–Crippen MR) is 98.8 cm³/mol. The molecule has 0 saturated heterocycles. The van der Waals surface area contributed by atoms with Gasteiger partial charge in [0.05, 0.1) is 17.1 Å². The minimum Gasteiger partial charge on any atom is -0.462 e. The summed E-state index contributed by atoms with van der Waals surface area (Å²) in [7, 11) is -4.09. The molecule has 27 heavy (non-hydrogen) atoms. The van der Waals surface area contributed by atoms with Gasteiger partial charge < -0.3 is 14.9 Å². The number of aromatic nitrogens is 1. The van der Waals surface area contributed by atoms with Gasteiger partial charge in [0.25, 0.3) is 10.0 Å². The van der Waals surface area contributed by atoms with E-state index in [9.17, 15) is 13.2 Å². The smallest absolute Gasteiger partial charge is 0.338 e. The van der Waals surface area contributed by atoms with Gasteiger partial charge in [0.15, 0.2) is 5.58 Å². The van der Waals surface area contributed by atoms with Crippen LogP contribution in [-0.4, -0.2) is 31.9 Å². The second kappa shape index (κ2) is 7.46. The van der Waals surface area contributed by atoms with Crippen molar-refractivity contribution in [2.24, 2.45) is 10.1 Å². The lowest BCUT2D eigenvalue weighted by atomic mass is 10.2. The van der Waals surface area contributed by atoms with Gasteiger partial charge in [-0.2, -0.15) is 13.4 Å². The van der Waals surface area contributed by atoms with Crippen LogP contribution < -0.4 is 11.1 Å². The average Bonchev–Trinajstić information content (AvgIpc) is 3.03. The Bertz CT molecular complexity index is 1070. The van der Waals surface area contributed by atoms with Crippen molar-refractivity contribution in [3.05, 3.63) is 54.1 Å². The highest BCUT2D eigenvalue weighted by molar-refractivity contribution is 7.90. The van der Waals surface area contributed by atoms with E-state index >= 15 is 0 Å². The van der Waals surface area contributed by atoms with Crippen LogP contribution in [0.5, 0.6) is 0 Å². The Hall–Kier alpha value is -3.40. The highest BCUT2D eigenvalue weighted by atomic mass is 32.2. The highest BCUT2D eigenvalue weighted by Gasteiger charge is 2.16. The molecule has 0 aliphatic carbocycles. The quantitative estimate of drug-likeness (QED) is 0.385. The SMILES string of the molecule is CCOC(=O)c1ccc(S(=O)(=O)/N=C(\N)Nc2nc3ccccc3o2)cc1. The zero-order valence-electron chi connectivity index (χ0n) is 14.2. The third-order valence-electron chi connectivity index (χ3n) is 3.41. The number of sulfonamides is 1. The lowest BCUT2D eigenvalue weighted by Crippen LogP contribution is -2.24. The maximum Gasteiger partial charge on any atom is 0.338 e. The van der Waals surface area contributed by atoms with Crippen LogP contribution >= 0.6 is 0 Å². The normalized spacial score (nSPS) is 12.1. The van der Waals surface area contributed by atoms with Gasteiger partial charge in [0, 0.05) is 0 Å². The van der Waals surface area contributed by atoms with Crippen LogP contribution in [0, 0.1) is 0 Å². The van der Waals surface area contributed by atoms with E-state index in [1.165, 1.54) is 24.3 Å². The molecule has 9 nitrogen and oxygen atoms in total. The number of esters is 1. The molecular formula is C17H16N4O5S. The Morgan fingerprint density at radius 3 is 2.59 bits per heavy atom. The fraction of sp³-hybridized carbons (Fsp3) is 0.118. The van der Waals surface area contributed by atoms with Gasteiger partial charge in [0.1, 0.15) is 5.52 Å². The molecule has 0 bridgehead atoms. The van der Waals surface area contributed by atoms with E-state index < -0.39 is 22.0 Å². The van der Waals surface area contributed by atoms with Crippen molar-refractivity contribution in [2.45, 2.75) is 11.8 Å². The van der Waals surface area contributed by atoms with E-state index in [4.69, 9.17) is 14.9 Å². The zero-order valence-corrected chi connectivity index (χ0v) is 15.1. The van der Waals surface area contributed by atoms with E-state index in [0.717, 1.165) is 0 Å². The van der Waals surface area contributed by atoms with Crippen molar-refractivity contribution >= 4 is 39.1 Å². The molecule has 0 spiro atoms. The number of nitrogens with zero attached hydrogens (tertiary/aromatic N) is 2. The standard InChI is InChI=1S/C17H16N4O5S/c1-2-25-15(22)11-7-9-12(10-8-11)27(23,24)21-16(18)20-17-19-13-5-3-4-6-14(13)26-17/h3-10H,2H2,1H3,(H3,18,19,20,21). The molecule has 2 aromatic carbocycles. The molecule has 3 N–H and O–H groups in total. The summed E-state index contributed by atoms with van der Waals surface area (Å²) in [5.41, 5.74) is 6.99. The number of carbonyl (C=O) groups is 1. The Morgan fingerprint density at radius 1 is 1.22 bits per heavy atom. The number of nitrogens with one attached hydrogen (secondary N) is 1. The summed E-state index contributed by atoms with van der Waals surface area (Å²) in [5.74, 6) is -0.946. The van der Waals surface area contributed by atoms with Crippen molar-refractivity contribution in [1.82, 2.24) is 4.98 Å². The molecule has 0 radical (unpaired) electrons. The number of hydrogen-bond acceptors (Lipinski definition) is 6. The second-order valence-electron chi connectivity index (χ2n) is 5.31. The van der Waals surface area contributed by atoms with Crippen LogP contribution in [0.3, 0.4) is 0 Å². The first-order valence-electron chi connectivity index (χ1n) is 7.89. The Kier molecular flexibility index (Phi) is 5.08. The average molecular weight is 388 g/mol. The molecule has 0 amide bonds. The van der Waals surface area contributed by atoms with E-state index in [2.05, 4.69) is 14.7 Å². The van der Waals surface area contributed by atoms with Gasteiger partial charge in [0.2, 0.25) is 5.96 Å². The molecule has 3 rings (SSSR count). The molecular weight excluding hydrogens is 372 g/mol. The van der Waals surface area contributed by atoms with Gasteiger partial charge >= 0.3 is 12.0 Å². The molecule has 1 heterocycles. The Balaban J connectivity index is 1.78.